The number of rotatable bonds is 4. The van der Waals surface area contributed by atoms with Crippen LogP contribution in [0.15, 0.2) is 54.6 Å². The van der Waals surface area contributed by atoms with E-state index in [4.69, 9.17) is 0 Å². The first-order valence-corrected chi connectivity index (χ1v) is 9.13. The normalized spacial score (nSPS) is 22.4. The molecule has 0 unspecified atom stereocenters. The summed E-state index contributed by atoms with van der Waals surface area (Å²) in [6.07, 6.45) is 0.511. The van der Waals surface area contributed by atoms with Crippen LogP contribution in [0.3, 0.4) is 0 Å². The van der Waals surface area contributed by atoms with Gasteiger partial charge in [0.15, 0.2) is 0 Å². The zero-order valence-corrected chi connectivity index (χ0v) is 15.2. The molecule has 6 heteroatoms. The van der Waals surface area contributed by atoms with E-state index in [2.05, 4.69) is 0 Å². The Kier molecular flexibility index (Phi) is 4.56. The Morgan fingerprint density at radius 2 is 1.67 bits per heavy atom. The molecule has 0 spiro atoms. The number of fused-ring (bicyclic) bond motifs is 1. The second-order valence-corrected chi connectivity index (χ2v) is 7.27. The highest BCUT2D eigenvalue weighted by atomic mass is 19.1. The lowest BCUT2D eigenvalue weighted by atomic mass is 9.99. The lowest BCUT2D eigenvalue weighted by molar-refractivity contribution is -0.139. The summed E-state index contributed by atoms with van der Waals surface area (Å²) in [6.45, 7) is 1.52. The first kappa shape index (κ1) is 17.5. The fraction of sp³-hybridized carbons (Fsp3) is 0.333. The largest absolute Gasteiger partial charge is 0.342 e. The highest BCUT2D eigenvalue weighted by Crippen LogP contribution is 2.28. The Balaban J connectivity index is 1.56. The van der Waals surface area contributed by atoms with E-state index in [1.54, 1.807) is 33.9 Å². The third-order valence-corrected chi connectivity index (χ3v) is 5.36. The minimum Gasteiger partial charge on any atom is -0.342 e. The van der Waals surface area contributed by atoms with Crippen molar-refractivity contribution in [2.45, 2.75) is 25.0 Å². The molecular weight excluding hydrogens is 345 g/mol. The number of halogens is 1. The minimum atomic E-state index is -0.484. The lowest BCUT2D eigenvalue weighted by Crippen LogP contribution is -2.60. The minimum absolute atomic E-state index is 0.0191. The van der Waals surface area contributed by atoms with Crippen LogP contribution in [0.5, 0.6) is 0 Å². The smallest absolute Gasteiger partial charge is 0.321 e. The number of hydrogen-bond acceptors (Lipinski definition) is 2. The van der Waals surface area contributed by atoms with Gasteiger partial charge in [-0.2, -0.15) is 0 Å². The molecule has 2 aliphatic rings. The Hall–Kier alpha value is -2.89. The van der Waals surface area contributed by atoms with Gasteiger partial charge in [-0.15, -0.1) is 0 Å². The molecule has 2 fully saturated rings. The van der Waals surface area contributed by atoms with E-state index in [0.29, 0.717) is 26.1 Å². The summed E-state index contributed by atoms with van der Waals surface area (Å²) >= 11 is 0. The summed E-state index contributed by atoms with van der Waals surface area (Å²) < 4.78 is 13.1. The van der Waals surface area contributed by atoms with Crippen molar-refractivity contribution in [3.8, 4) is 0 Å². The van der Waals surface area contributed by atoms with Crippen molar-refractivity contribution in [3.63, 3.8) is 0 Å². The number of carbonyl (C=O) groups is 2. The number of hydrogen-bond donors (Lipinski definition) is 0. The van der Waals surface area contributed by atoms with Gasteiger partial charge in [0.05, 0.1) is 6.04 Å². The molecule has 3 amide bonds. The van der Waals surface area contributed by atoms with Crippen molar-refractivity contribution < 1.29 is 14.0 Å². The molecule has 2 atom stereocenters. The fourth-order valence-electron chi connectivity index (χ4n) is 4.02. The highest BCUT2D eigenvalue weighted by Gasteiger charge is 2.48. The number of urea groups is 1. The van der Waals surface area contributed by atoms with Crippen molar-refractivity contribution in [1.29, 1.82) is 0 Å². The number of amides is 3. The predicted octanol–water partition coefficient (Wildman–Crippen LogP) is 2.52. The number of likely N-dealkylation sites (N-methyl/N-ethyl adjacent to an activating group) is 1. The molecule has 0 N–H and O–H groups in total. The summed E-state index contributed by atoms with van der Waals surface area (Å²) in [5.74, 6) is -0.314. The Labute approximate surface area is 158 Å². The Morgan fingerprint density at radius 1 is 0.963 bits per heavy atom. The summed E-state index contributed by atoms with van der Waals surface area (Å²) in [7, 11) is 1.80. The summed E-state index contributed by atoms with van der Waals surface area (Å²) in [6, 6.07) is 15.3. The SMILES string of the molecule is CN1C[C@@H]2CN(Cc3ccc(F)cc3)C(=O)N2[C@@H](Cc2ccccc2)C1=O. The second kappa shape index (κ2) is 7.02. The van der Waals surface area contributed by atoms with E-state index < -0.39 is 6.04 Å². The number of carbonyl (C=O) groups excluding carboxylic acids is 2. The topological polar surface area (TPSA) is 43.9 Å². The molecule has 0 radical (unpaired) electrons. The van der Waals surface area contributed by atoms with Gasteiger partial charge in [0.2, 0.25) is 5.91 Å². The van der Waals surface area contributed by atoms with Crippen LogP contribution in [0, 0.1) is 5.82 Å². The molecule has 2 saturated heterocycles. The van der Waals surface area contributed by atoms with Crippen molar-refractivity contribution >= 4 is 11.9 Å². The molecule has 0 aromatic heterocycles. The molecule has 4 rings (SSSR count). The molecule has 0 aliphatic carbocycles. The van der Waals surface area contributed by atoms with Crippen LogP contribution in [-0.4, -0.2) is 58.9 Å². The van der Waals surface area contributed by atoms with Gasteiger partial charge in [-0.3, -0.25) is 4.79 Å². The van der Waals surface area contributed by atoms with Crippen molar-refractivity contribution in [1.82, 2.24) is 14.7 Å². The third kappa shape index (κ3) is 3.39. The highest BCUT2D eigenvalue weighted by molar-refractivity contribution is 5.90. The zero-order chi connectivity index (χ0) is 19.0. The molecule has 0 bridgehead atoms. The third-order valence-electron chi connectivity index (χ3n) is 5.36. The van der Waals surface area contributed by atoms with Gasteiger partial charge in [-0.1, -0.05) is 42.5 Å². The number of nitrogens with zero attached hydrogens (tertiary/aromatic N) is 3. The van der Waals surface area contributed by atoms with Gasteiger partial charge >= 0.3 is 6.03 Å². The van der Waals surface area contributed by atoms with Crippen LogP contribution < -0.4 is 0 Å². The monoisotopic (exact) mass is 367 g/mol. The average molecular weight is 367 g/mol. The maximum absolute atomic E-state index is 13.1. The molecule has 5 nitrogen and oxygen atoms in total. The van der Waals surface area contributed by atoms with Crippen LogP contribution >= 0.6 is 0 Å². The van der Waals surface area contributed by atoms with Gasteiger partial charge in [0.1, 0.15) is 11.9 Å². The summed E-state index contributed by atoms with van der Waals surface area (Å²) in [5.41, 5.74) is 1.92. The molecule has 0 saturated carbocycles. The van der Waals surface area contributed by atoms with E-state index in [1.807, 2.05) is 30.3 Å². The molecule has 27 heavy (non-hydrogen) atoms. The van der Waals surface area contributed by atoms with Gasteiger partial charge in [-0.05, 0) is 23.3 Å². The average Bonchev–Trinajstić information content (AvgIpc) is 2.97. The van der Waals surface area contributed by atoms with Gasteiger partial charge in [0, 0.05) is 33.1 Å². The fourth-order valence-corrected chi connectivity index (χ4v) is 4.02. The van der Waals surface area contributed by atoms with Gasteiger partial charge in [0.25, 0.3) is 0 Å². The molecule has 140 valence electrons. The first-order valence-electron chi connectivity index (χ1n) is 9.13. The van der Waals surface area contributed by atoms with E-state index >= 15 is 0 Å². The molecule has 2 heterocycles. The second-order valence-electron chi connectivity index (χ2n) is 7.27. The zero-order valence-electron chi connectivity index (χ0n) is 15.2. The Morgan fingerprint density at radius 3 is 2.37 bits per heavy atom. The number of benzene rings is 2. The van der Waals surface area contributed by atoms with Crippen molar-refractivity contribution in [2.75, 3.05) is 20.1 Å². The van der Waals surface area contributed by atoms with E-state index in [0.717, 1.165) is 11.1 Å². The quantitative estimate of drug-likeness (QED) is 0.834. The first-order chi connectivity index (χ1) is 13.0. The van der Waals surface area contributed by atoms with E-state index in [9.17, 15) is 14.0 Å². The summed E-state index contributed by atoms with van der Waals surface area (Å²) in [4.78, 5) is 31.1. The standard InChI is InChI=1S/C21H22FN3O2/c1-23-13-18-14-24(12-16-7-9-17(22)10-8-16)21(27)25(18)19(20(23)26)11-15-5-3-2-4-6-15/h2-10,18-19H,11-14H2,1H3/t18-,19+/m1/s1. The van der Waals surface area contributed by atoms with E-state index in [-0.39, 0.29) is 23.8 Å². The van der Waals surface area contributed by atoms with Crippen LogP contribution in [0.2, 0.25) is 0 Å². The number of piperazine rings is 1. The van der Waals surface area contributed by atoms with Gasteiger partial charge < -0.3 is 14.7 Å². The molecule has 2 aromatic rings. The van der Waals surface area contributed by atoms with Crippen molar-refractivity contribution in [3.05, 3.63) is 71.5 Å². The van der Waals surface area contributed by atoms with Gasteiger partial charge in [-0.25, -0.2) is 9.18 Å². The van der Waals surface area contributed by atoms with Crippen LogP contribution in [0.4, 0.5) is 9.18 Å². The predicted molar refractivity (Wildman–Crippen MR) is 99.4 cm³/mol. The lowest BCUT2D eigenvalue weighted by Gasteiger charge is -2.40. The van der Waals surface area contributed by atoms with Crippen LogP contribution in [0.25, 0.3) is 0 Å². The Bertz CT molecular complexity index is 840. The maximum Gasteiger partial charge on any atom is 0.321 e. The van der Waals surface area contributed by atoms with Crippen LogP contribution in [0.1, 0.15) is 11.1 Å². The molecular formula is C21H22FN3O2. The summed E-state index contributed by atoms with van der Waals surface area (Å²) in [5, 5.41) is 0. The van der Waals surface area contributed by atoms with Crippen molar-refractivity contribution in [2.24, 2.45) is 0 Å². The maximum atomic E-state index is 13.1. The van der Waals surface area contributed by atoms with E-state index in [1.165, 1.54) is 12.1 Å². The van der Waals surface area contributed by atoms with Crippen LogP contribution in [-0.2, 0) is 17.8 Å². The molecule has 2 aliphatic heterocycles. The molecule has 2 aromatic carbocycles.